The zero-order chi connectivity index (χ0) is 21.1. The van der Waals surface area contributed by atoms with E-state index in [0.29, 0.717) is 42.4 Å². The smallest absolute Gasteiger partial charge is 0.225 e. The van der Waals surface area contributed by atoms with E-state index in [-0.39, 0.29) is 17.6 Å². The lowest BCUT2D eigenvalue weighted by molar-refractivity contribution is -0.116. The number of anilines is 1. The highest BCUT2D eigenvalue weighted by Gasteiger charge is 2.31. The number of rotatable bonds is 7. The number of thiophene rings is 1. The molecule has 0 saturated carbocycles. The average Bonchev–Trinajstić information content (AvgIpc) is 3.16. The molecule has 0 radical (unpaired) electrons. The van der Waals surface area contributed by atoms with E-state index in [1.807, 2.05) is 30.5 Å². The molecule has 1 aliphatic heterocycles. The SMILES string of the molecule is CCCOc1ccc(C2CC(=O)Nc3c(-c4ccccc4F)csc32)cc1OCC. The Morgan fingerprint density at radius 3 is 2.70 bits per heavy atom. The minimum absolute atomic E-state index is 0.0761. The molecule has 0 aliphatic carbocycles. The Kier molecular flexibility index (Phi) is 6.04. The molecule has 2 heterocycles. The number of amides is 1. The molecule has 0 fully saturated rings. The van der Waals surface area contributed by atoms with Gasteiger partial charge in [0.25, 0.3) is 0 Å². The van der Waals surface area contributed by atoms with E-state index in [9.17, 15) is 9.18 Å². The average molecular weight is 426 g/mol. The summed E-state index contributed by atoms with van der Waals surface area (Å²) < 4.78 is 26.0. The molecule has 1 aliphatic rings. The number of hydrogen-bond acceptors (Lipinski definition) is 4. The minimum atomic E-state index is -0.300. The van der Waals surface area contributed by atoms with E-state index in [0.717, 1.165) is 22.4 Å². The quantitative estimate of drug-likeness (QED) is 0.489. The second-order valence-corrected chi connectivity index (χ2v) is 8.07. The normalized spacial score (nSPS) is 15.4. The van der Waals surface area contributed by atoms with Gasteiger partial charge in [0, 0.05) is 33.7 Å². The number of fused-ring (bicyclic) bond motifs is 1. The van der Waals surface area contributed by atoms with Gasteiger partial charge in [0.1, 0.15) is 5.82 Å². The van der Waals surface area contributed by atoms with Crippen LogP contribution < -0.4 is 14.8 Å². The van der Waals surface area contributed by atoms with Crippen LogP contribution in [0.2, 0.25) is 0 Å². The van der Waals surface area contributed by atoms with Crippen molar-refractivity contribution >= 4 is 22.9 Å². The number of carbonyl (C=O) groups excluding carboxylic acids is 1. The topological polar surface area (TPSA) is 47.6 Å². The molecular weight excluding hydrogens is 401 g/mol. The third-order valence-corrected chi connectivity index (χ3v) is 6.18. The van der Waals surface area contributed by atoms with E-state index in [1.165, 1.54) is 6.07 Å². The molecule has 1 atom stereocenters. The summed E-state index contributed by atoms with van der Waals surface area (Å²) >= 11 is 1.54. The molecule has 1 aromatic heterocycles. The number of carbonyl (C=O) groups is 1. The summed E-state index contributed by atoms with van der Waals surface area (Å²) in [5.41, 5.74) is 2.91. The van der Waals surface area contributed by atoms with Crippen LogP contribution in [0.15, 0.2) is 47.8 Å². The monoisotopic (exact) mass is 425 g/mol. The summed E-state index contributed by atoms with van der Waals surface area (Å²) in [4.78, 5) is 13.6. The van der Waals surface area contributed by atoms with Gasteiger partial charge >= 0.3 is 0 Å². The van der Waals surface area contributed by atoms with Crippen LogP contribution in [-0.4, -0.2) is 19.1 Å². The Morgan fingerprint density at radius 1 is 1.10 bits per heavy atom. The number of nitrogens with one attached hydrogen (secondary N) is 1. The summed E-state index contributed by atoms with van der Waals surface area (Å²) in [6.45, 7) is 5.13. The lowest BCUT2D eigenvalue weighted by Crippen LogP contribution is -2.22. The van der Waals surface area contributed by atoms with E-state index in [4.69, 9.17) is 9.47 Å². The van der Waals surface area contributed by atoms with Gasteiger partial charge in [-0.25, -0.2) is 4.39 Å². The molecule has 3 aromatic rings. The van der Waals surface area contributed by atoms with Gasteiger partial charge in [0.15, 0.2) is 11.5 Å². The molecule has 1 amide bonds. The van der Waals surface area contributed by atoms with Crippen molar-refractivity contribution in [3.63, 3.8) is 0 Å². The summed E-state index contributed by atoms with van der Waals surface area (Å²) in [7, 11) is 0. The minimum Gasteiger partial charge on any atom is -0.490 e. The Hall–Kier alpha value is -2.86. The number of ether oxygens (including phenoxy) is 2. The Bertz CT molecular complexity index is 1060. The van der Waals surface area contributed by atoms with Crippen LogP contribution in [0, 0.1) is 5.82 Å². The van der Waals surface area contributed by atoms with E-state index in [2.05, 4.69) is 12.2 Å². The molecule has 30 heavy (non-hydrogen) atoms. The highest BCUT2D eigenvalue weighted by Crippen LogP contribution is 2.48. The third kappa shape index (κ3) is 3.92. The zero-order valence-electron chi connectivity index (χ0n) is 17.0. The summed E-state index contributed by atoms with van der Waals surface area (Å²) in [6.07, 6.45) is 1.25. The van der Waals surface area contributed by atoms with Crippen molar-refractivity contribution in [1.82, 2.24) is 0 Å². The van der Waals surface area contributed by atoms with E-state index in [1.54, 1.807) is 29.5 Å². The summed E-state index contributed by atoms with van der Waals surface area (Å²) in [6, 6.07) is 12.5. The largest absolute Gasteiger partial charge is 0.490 e. The molecule has 0 saturated heterocycles. The highest BCUT2D eigenvalue weighted by atomic mass is 32.1. The fourth-order valence-corrected chi connectivity index (χ4v) is 4.87. The van der Waals surface area contributed by atoms with Gasteiger partial charge in [-0.05, 0) is 37.1 Å². The molecular formula is C24H24FNO3S. The molecule has 4 nitrogen and oxygen atoms in total. The molecule has 0 bridgehead atoms. The van der Waals surface area contributed by atoms with Crippen molar-refractivity contribution in [2.45, 2.75) is 32.6 Å². The van der Waals surface area contributed by atoms with Crippen molar-refractivity contribution in [1.29, 1.82) is 0 Å². The molecule has 6 heteroatoms. The van der Waals surface area contributed by atoms with Crippen LogP contribution >= 0.6 is 11.3 Å². The first kappa shape index (κ1) is 20.4. The third-order valence-electron chi connectivity index (χ3n) is 5.09. The maximum Gasteiger partial charge on any atom is 0.225 e. The highest BCUT2D eigenvalue weighted by molar-refractivity contribution is 7.11. The van der Waals surface area contributed by atoms with Crippen LogP contribution in [0.1, 0.15) is 43.0 Å². The maximum atomic E-state index is 14.4. The molecule has 2 aromatic carbocycles. The van der Waals surface area contributed by atoms with Crippen LogP contribution in [-0.2, 0) is 4.79 Å². The fourth-order valence-electron chi connectivity index (χ4n) is 3.71. The molecule has 1 N–H and O–H groups in total. The Morgan fingerprint density at radius 2 is 1.93 bits per heavy atom. The predicted molar refractivity (Wildman–Crippen MR) is 118 cm³/mol. The molecule has 4 rings (SSSR count). The van der Waals surface area contributed by atoms with Gasteiger partial charge in [-0.15, -0.1) is 11.3 Å². The van der Waals surface area contributed by atoms with Crippen LogP contribution in [0.25, 0.3) is 11.1 Å². The van der Waals surface area contributed by atoms with Gasteiger partial charge < -0.3 is 14.8 Å². The first-order valence-corrected chi connectivity index (χ1v) is 11.1. The second-order valence-electron chi connectivity index (χ2n) is 7.16. The van der Waals surface area contributed by atoms with Crippen LogP contribution in [0.4, 0.5) is 10.1 Å². The summed E-state index contributed by atoms with van der Waals surface area (Å²) in [5, 5.41) is 4.88. The molecule has 156 valence electrons. The predicted octanol–water partition coefficient (Wildman–Crippen LogP) is 6.22. The van der Waals surface area contributed by atoms with Gasteiger partial charge in [-0.1, -0.05) is 31.2 Å². The number of halogens is 1. The van der Waals surface area contributed by atoms with Crippen LogP contribution in [0.3, 0.4) is 0 Å². The second kappa shape index (κ2) is 8.88. The zero-order valence-corrected chi connectivity index (χ0v) is 17.9. The fraction of sp³-hybridized carbons (Fsp3) is 0.292. The van der Waals surface area contributed by atoms with E-state index >= 15 is 0 Å². The lowest BCUT2D eigenvalue weighted by atomic mass is 9.89. The van der Waals surface area contributed by atoms with E-state index < -0.39 is 0 Å². The standard InChI is InChI=1S/C24H24FNO3S/c1-3-11-29-20-10-9-15(12-21(20)28-4-2)17-13-22(27)26-23-18(14-30-24(17)23)16-7-5-6-8-19(16)25/h5-10,12,14,17H,3-4,11,13H2,1-2H3,(H,26,27). The van der Waals surface area contributed by atoms with Gasteiger partial charge in [0.2, 0.25) is 5.91 Å². The lowest BCUT2D eigenvalue weighted by Gasteiger charge is -2.25. The maximum absolute atomic E-state index is 14.4. The van der Waals surface area contributed by atoms with Gasteiger partial charge in [-0.3, -0.25) is 4.79 Å². The molecule has 1 unspecified atom stereocenters. The first-order valence-electron chi connectivity index (χ1n) is 10.2. The van der Waals surface area contributed by atoms with Crippen molar-refractivity contribution < 1.29 is 18.7 Å². The number of benzene rings is 2. The van der Waals surface area contributed by atoms with Crippen molar-refractivity contribution in [2.75, 3.05) is 18.5 Å². The van der Waals surface area contributed by atoms with Crippen molar-refractivity contribution in [3.8, 4) is 22.6 Å². The number of hydrogen-bond donors (Lipinski definition) is 1. The van der Waals surface area contributed by atoms with Gasteiger partial charge in [0.05, 0.1) is 18.9 Å². The van der Waals surface area contributed by atoms with Gasteiger partial charge in [-0.2, -0.15) is 0 Å². The van der Waals surface area contributed by atoms with Crippen molar-refractivity contribution in [3.05, 3.63) is 64.1 Å². The van der Waals surface area contributed by atoms with Crippen LogP contribution in [0.5, 0.6) is 11.5 Å². The van der Waals surface area contributed by atoms with Crippen molar-refractivity contribution in [2.24, 2.45) is 0 Å². The molecule has 0 spiro atoms. The first-order chi connectivity index (χ1) is 14.6. The Labute approximate surface area is 179 Å². The summed E-state index contributed by atoms with van der Waals surface area (Å²) in [5.74, 6) is 0.903. The Balaban J connectivity index is 1.74.